The number of likely N-dealkylation sites (tertiary alicyclic amines) is 1. The topological polar surface area (TPSA) is 57.6 Å². The summed E-state index contributed by atoms with van der Waals surface area (Å²) in [6, 6.07) is 0. The number of amides is 1. The van der Waals surface area contributed by atoms with Crippen LogP contribution in [0.3, 0.4) is 0 Å². The highest BCUT2D eigenvalue weighted by molar-refractivity contribution is 8.00. The van der Waals surface area contributed by atoms with Gasteiger partial charge in [0.15, 0.2) is 0 Å². The number of carbonyl (C=O) groups is 2. The van der Waals surface area contributed by atoms with Gasteiger partial charge in [0, 0.05) is 13.0 Å². The summed E-state index contributed by atoms with van der Waals surface area (Å²) < 4.78 is 13.9. The maximum Gasteiger partial charge on any atom is 0.343 e. The third-order valence-electron chi connectivity index (χ3n) is 3.11. The molecule has 0 aromatic heterocycles. The van der Waals surface area contributed by atoms with E-state index in [1.54, 1.807) is 0 Å². The molecule has 0 aromatic carbocycles. The molecule has 0 saturated carbocycles. The second-order valence-electron chi connectivity index (χ2n) is 4.90. The molecule has 1 N–H and O–H groups in total. The van der Waals surface area contributed by atoms with Gasteiger partial charge in [0.25, 0.3) is 0 Å². The Labute approximate surface area is 111 Å². The molecule has 0 aromatic rings. The number of halogens is 1. The van der Waals surface area contributed by atoms with Crippen molar-refractivity contribution >= 4 is 23.6 Å². The zero-order valence-corrected chi connectivity index (χ0v) is 11.8. The third kappa shape index (κ3) is 3.16. The summed E-state index contributed by atoms with van der Waals surface area (Å²) in [5.41, 5.74) is -2.27. The minimum atomic E-state index is -2.27. The quantitative estimate of drug-likeness (QED) is 0.832. The first-order valence-electron chi connectivity index (χ1n) is 6.14. The highest BCUT2D eigenvalue weighted by Gasteiger charge is 2.47. The van der Waals surface area contributed by atoms with Gasteiger partial charge in [-0.1, -0.05) is 20.8 Å². The number of carbonyl (C=O) groups excluding carboxylic acids is 1. The number of thioether (sulfide) groups is 1. The highest BCUT2D eigenvalue weighted by Crippen LogP contribution is 2.29. The first-order valence-corrected chi connectivity index (χ1v) is 7.19. The molecular formula is C12H20FNO3S. The Bertz CT molecular complexity index is 337. The standard InChI is InChI=1S/C12H20FNO3S/c1-4-18-9(8(2)3)10(15)14-6-5-12(13,7-14)11(16)17/h8-9H,4-7H2,1-3H3,(H,16,17). The van der Waals surface area contributed by atoms with Crippen molar-refractivity contribution in [1.29, 1.82) is 0 Å². The van der Waals surface area contributed by atoms with Gasteiger partial charge in [0.1, 0.15) is 0 Å². The molecule has 104 valence electrons. The van der Waals surface area contributed by atoms with Gasteiger partial charge in [0.05, 0.1) is 11.8 Å². The van der Waals surface area contributed by atoms with Crippen LogP contribution in [0.15, 0.2) is 0 Å². The molecule has 6 heteroatoms. The molecule has 1 heterocycles. The molecule has 4 nitrogen and oxygen atoms in total. The van der Waals surface area contributed by atoms with Crippen molar-refractivity contribution in [2.24, 2.45) is 5.92 Å². The summed E-state index contributed by atoms with van der Waals surface area (Å²) in [7, 11) is 0. The average Bonchev–Trinajstić information content (AvgIpc) is 2.69. The van der Waals surface area contributed by atoms with Gasteiger partial charge in [-0.2, -0.15) is 0 Å². The van der Waals surface area contributed by atoms with Crippen LogP contribution in [-0.4, -0.2) is 51.6 Å². The molecule has 1 fully saturated rings. The van der Waals surface area contributed by atoms with Gasteiger partial charge in [-0.3, -0.25) is 4.79 Å². The van der Waals surface area contributed by atoms with Crippen LogP contribution in [-0.2, 0) is 9.59 Å². The molecule has 0 bridgehead atoms. The summed E-state index contributed by atoms with van der Waals surface area (Å²) in [5.74, 6) is -0.649. The highest BCUT2D eigenvalue weighted by atomic mass is 32.2. The van der Waals surface area contributed by atoms with Crippen LogP contribution >= 0.6 is 11.8 Å². The number of nitrogens with zero attached hydrogens (tertiary/aromatic N) is 1. The van der Waals surface area contributed by atoms with Crippen LogP contribution in [0.25, 0.3) is 0 Å². The second kappa shape index (κ2) is 5.91. The van der Waals surface area contributed by atoms with Crippen molar-refractivity contribution in [2.45, 2.75) is 38.1 Å². The van der Waals surface area contributed by atoms with Gasteiger partial charge in [-0.05, 0) is 11.7 Å². The van der Waals surface area contributed by atoms with E-state index in [1.165, 1.54) is 16.7 Å². The van der Waals surface area contributed by atoms with Crippen LogP contribution in [0, 0.1) is 5.92 Å². The summed E-state index contributed by atoms with van der Waals surface area (Å²) in [5, 5.41) is 8.59. The van der Waals surface area contributed by atoms with Crippen LogP contribution in [0.1, 0.15) is 27.2 Å². The Morgan fingerprint density at radius 3 is 2.50 bits per heavy atom. The first kappa shape index (κ1) is 15.3. The van der Waals surface area contributed by atoms with E-state index in [1.807, 2.05) is 20.8 Å². The molecule has 1 saturated heterocycles. The van der Waals surface area contributed by atoms with E-state index in [0.29, 0.717) is 0 Å². The van der Waals surface area contributed by atoms with Crippen molar-refractivity contribution in [2.75, 3.05) is 18.8 Å². The number of aliphatic carboxylic acids is 1. The Morgan fingerprint density at radius 1 is 1.50 bits per heavy atom. The fourth-order valence-corrected chi connectivity index (χ4v) is 3.08. The lowest BCUT2D eigenvalue weighted by Gasteiger charge is -2.25. The van der Waals surface area contributed by atoms with Crippen molar-refractivity contribution in [3.63, 3.8) is 0 Å². The molecule has 2 atom stereocenters. The molecule has 0 radical (unpaired) electrons. The van der Waals surface area contributed by atoms with E-state index in [9.17, 15) is 14.0 Å². The average molecular weight is 277 g/mol. The van der Waals surface area contributed by atoms with Crippen LogP contribution < -0.4 is 0 Å². The molecule has 18 heavy (non-hydrogen) atoms. The predicted molar refractivity (Wildman–Crippen MR) is 69.4 cm³/mol. The summed E-state index contributed by atoms with van der Waals surface area (Å²) >= 11 is 1.53. The Hall–Kier alpha value is -0.780. The van der Waals surface area contributed by atoms with Crippen LogP contribution in [0.4, 0.5) is 4.39 Å². The molecule has 0 aliphatic carbocycles. The van der Waals surface area contributed by atoms with Crippen molar-refractivity contribution in [3.8, 4) is 0 Å². The van der Waals surface area contributed by atoms with Crippen molar-refractivity contribution in [3.05, 3.63) is 0 Å². The summed E-state index contributed by atoms with van der Waals surface area (Å²) in [4.78, 5) is 24.4. The largest absolute Gasteiger partial charge is 0.479 e. The minimum absolute atomic E-state index is 0.115. The van der Waals surface area contributed by atoms with Crippen LogP contribution in [0.5, 0.6) is 0 Å². The molecule has 1 aliphatic heterocycles. The number of carboxylic acid groups (broad SMARTS) is 1. The van der Waals surface area contributed by atoms with E-state index in [4.69, 9.17) is 5.11 Å². The maximum atomic E-state index is 13.9. The normalized spacial score (nSPS) is 25.5. The molecule has 1 rings (SSSR count). The lowest BCUT2D eigenvalue weighted by molar-refractivity contribution is -0.150. The van der Waals surface area contributed by atoms with Crippen molar-refractivity contribution in [1.82, 2.24) is 4.90 Å². The fourth-order valence-electron chi connectivity index (χ4n) is 2.04. The van der Waals surface area contributed by atoms with E-state index < -0.39 is 11.6 Å². The van der Waals surface area contributed by atoms with Gasteiger partial charge in [-0.15, -0.1) is 11.8 Å². The fraction of sp³-hybridized carbons (Fsp3) is 0.833. The van der Waals surface area contributed by atoms with Gasteiger partial charge >= 0.3 is 5.97 Å². The van der Waals surface area contributed by atoms with Gasteiger partial charge in [-0.25, -0.2) is 9.18 Å². The second-order valence-corrected chi connectivity index (χ2v) is 6.32. The van der Waals surface area contributed by atoms with E-state index in [-0.39, 0.29) is 36.6 Å². The van der Waals surface area contributed by atoms with Crippen molar-refractivity contribution < 1.29 is 19.1 Å². The smallest absolute Gasteiger partial charge is 0.343 e. The van der Waals surface area contributed by atoms with Crippen LogP contribution in [0.2, 0.25) is 0 Å². The lowest BCUT2D eigenvalue weighted by atomic mass is 10.1. The zero-order chi connectivity index (χ0) is 13.9. The molecule has 2 unspecified atom stereocenters. The molecule has 1 amide bonds. The molecule has 1 aliphatic rings. The number of alkyl halides is 1. The SMILES string of the molecule is CCSC(C(=O)N1CCC(F)(C(=O)O)C1)C(C)C. The van der Waals surface area contributed by atoms with E-state index in [2.05, 4.69) is 0 Å². The summed E-state index contributed by atoms with van der Waals surface area (Å²) in [6.45, 7) is 5.72. The lowest BCUT2D eigenvalue weighted by Crippen LogP contribution is -2.43. The van der Waals surface area contributed by atoms with E-state index >= 15 is 0 Å². The van der Waals surface area contributed by atoms with Gasteiger partial charge in [0.2, 0.25) is 11.6 Å². The number of rotatable bonds is 5. The Balaban J connectivity index is 2.71. The monoisotopic (exact) mass is 277 g/mol. The number of hydrogen-bond acceptors (Lipinski definition) is 3. The zero-order valence-electron chi connectivity index (χ0n) is 11.0. The third-order valence-corrected chi connectivity index (χ3v) is 4.55. The Kier molecular flexibility index (Phi) is 5.01. The number of hydrogen-bond donors (Lipinski definition) is 1. The summed E-state index contributed by atoms with van der Waals surface area (Å²) in [6.07, 6.45) is -0.115. The Morgan fingerprint density at radius 2 is 2.11 bits per heavy atom. The molecular weight excluding hydrogens is 257 g/mol. The minimum Gasteiger partial charge on any atom is -0.479 e. The van der Waals surface area contributed by atoms with E-state index in [0.717, 1.165) is 5.75 Å². The molecule has 0 spiro atoms. The number of carboxylic acids is 1. The van der Waals surface area contributed by atoms with Gasteiger partial charge < -0.3 is 10.0 Å². The first-order chi connectivity index (χ1) is 8.31. The maximum absolute atomic E-state index is 13.9. The predicted octanol–water partition coefficient (Wildman–Crippen LogP) is 1.79.